The largest absolute Gasteiger partial charge is 0.389 e. The van der Waals surface area contributed by atoms with Gasteiger partial charge < -0.3 is 5.32 Å². The highest BCUT2D eigenvalue weighted by Gasteiger charge is 2.26. The fraction of sp³-hybridized carbons (Fsp3) is 0.375. The highest BCUT2D eigenvalue weighted by atomic mass is 32.1. The van der Waals surface area contributed by atoms with Gasteiger partial charge in [-0.2, -0.15) is 18.3 Å². The molecule has 0 unspecified atom stereocenters. The third-order valence-corrected chi connectivity index (χ3v) is 5.95. The number of hydrogen-bond donors (Lipinski definition) is 1. The Morgan fingerprint density at radius 3 is 2.83 bits per heavy atom. The molecule has 8 heteroatoms. The van der Waals surface area contributed by atoms with E-state index >= 15 is 0 Å². The molecule has 24 heavy (non-hydrogen) atoms. The zero-order valence-electron chi connectivity index (χ0n) is 13.0. The lowest BCUT2D eigenvalue weighted by Crippen LogP contribution is -2.07. The van der Waals surface area contributed by atoms with Crippen molar-refractivity contribution in [3.05, 3.63) is 39.0 Å². The number of thiophene rings is 2. The summed E-state index contributed by atoms with van der Waals surface area (Å²) < 4.78 is 38.0. The molecule has 0 amide bonds. The Morgan fingerprint density at radius 2 is 2.12 bits per heavy atom. The summed E-state index contributed by atoms with van der Waals surface area (Å²) in [6.07, 6.45) is -2.67. The zero-order chi connectivity index (χ0) is 17.2. The molecule has 3 heterocycles. The van der Waals surface area contributed by atoms with Gasteiger partial charge in [-0.25, -0.2) is 0 Å². The Bertz CT molecular complexity index is 810. The molecule has 0 aromatic carbocycles. The van der Waals surface area contributed by atoms with Crippen molar-refractivity contribution in [1.29, 1.82) is 0 Å². The molecule has 0 fully saturated rings. The number of nitrogens with zero attached hydrogens (tertiary/aromatic N) is 2. The van der Waals surface area contributed by atoms with Crippen LogP contribution in [0.15, 0.2) is 23.7 Å². The van der Waals surface area contributed by atoms with Crippen LogP contribution in [0.4, 0.5) is 18.9 Å². The molecule has 0 aliphatic carbocycles. The van der Waals surface area contributed by atoms with E-state index in [4.69, 9.17) is 0 Å². The lowest BCUT2D eigenvalue weighted by Gasteiger charge is -2.05. The highest BCUT2D eigenvalue weighted by Crippen LogP contribution is 2.35. The van der Waals surface area contributed by atoms with Crippen molar-refractivity contribution in [2.75, 3.05) is 5.32 Å². The molecule has 3 aromatic heterocycles. The summed E-state index contributed by atoms with van der Waals surface area (Å²) in [4.78, 5) is 2.16. The first-order valence-electron chi connectivity index (χ1n) is 7.51. The summed E-state index contributed by atoms with van der Waals surface area (Å²) in [6.45, 7) is 2.60. The van der Waals surface area contributed by atoms with Crippen molar-refractivity contribution in [2.45, 2.75) is 38.9 Å². The molecule has 128 valence electrons. The van der Waals surface area contributed by atoms with Crippen LogP contribution in [0, 0.1) is 6.92 Å². The topological polar surface area (TPSA) is 37.8 Å². The maximum Gasteiger partial charge on any atom is 0.389 e. The fourth-order valence-corrected chi connectivity index (χ4v) is 4.38. The molecule has 0 saturated carbocycles. The quantitative estimate of drug-likeness (QED) is 0.616. The molecule has 0 spiro atoms. The second-order valence-corrected chi connectivity index (χ2v) is 7.63. The minimum atomic E-state index is -4.10. The van der Waals surface area contributed by atoms with Gasteiger partial charge >= 0.3 is 6.18 Å². The minimum absolute atomic E-state index is 0.0997. The summed E-state index contributed by atoms with van der Waals surface area (Å²) in [6, 6.07) is 4.04. The second-order valence-electron chi connectivity index (χ2n) is 5.49. The van der Waals surface area contributed by atoms with Gasteiger partial charge in [0.05, 0.1) is 16.6 Å². The average Bonchev–Trinajstić information content (AvgIpc) is 3.14. The molecule has 0 atom stereocenters. The van der Waals surface area contributed by atoms with Crippen LogP contribution in [0.25, 0.3) is 10.2 Å². The van der Waals surface area contributed by atoms with Gasteiger partial charge in [0.1, 0.15) is 5.52 Å². The molecule has 0 aliphatic rings. The lowest BCUT2D eigenvalue weighted by molar-refractivity contribution is -0.135. The van der Waals surface area contributed by atoms with Crippen molar-refractivity contribution >= 4 is 38.6 Å². The number of rotatable bonds is 6. The van der Waals surface area contributed by atoms with Crippen LogP contribution < -0.4 is 5.32 Å². The summed E-state index contributed by atoms with van der Waals surface area (Å²) in [5, 5.41) is 13.6. The second kappa shape index (κ2) is 7.06. The van der Waals surface area contributed by atoms with Crippen molar-refractivity contribution in [3.63, 3.8) is 0 Å². The number of aryl methyl sites for hydroxylation is 2. The van der Waals surface area contributed by atoms with E-state index < -0.39 is 12.6 Å². The van der Waals surface area contributed by atoms with Crippen LogP contribution >= 0.6 is 22.7 Å². The molecular formula is C16H16F3N3S2. The Hall–Kier alpha value is -1.67. The number of anilines is 1. The Balaban J connectivity index is 1.77. The molecule has 0 radical (unpaired) electrons. The molecule has 0 bridgehead atoms. The smallest absolute Gasteiger partial charge is 0.378 e. The number of aromatic nitrogens is 2. The number of halogens is 3. The molecule has 1 N–H and O–H groups in total. The summed E-state index contributed by atoms with van der Waals surface area (Å²) in [7, 11) is 0. The molecule has 3 rings (SSSR count). The highest BCUT2D eigenvalue weighted by molar-refractivity contribution is 7.19. The van der Waals surface area contributed by atoms with Gasteiger partial charge in [-0.3, -0.25) is 0 Å². The van der Waals surface area contributed by atoms with Gasteiger partial charge in [0.15, 0.2) is 0 Å². The van der Waals surface area contributed by atoms with E-state index in [9.17, 15) is 13.2 Å². The van der Waals surface area contributed by atoms with E-state index in [0.717, 1.165) is 26.3 Å². The van der Waals surface area contributed by atoms with Gasteiger partial charge in [0.2, 0.25) is 0 Å². The molecule has 3 nitrogen and oxygen atoms in total. The van der Waals surface area contributed by atoms with Gasteiger partial charge in [-0.1, -0.05) is 6.07 Å². The lowest BCUT2D eigenvalue weighted by atomic mass is 10.1. The van der Waals surface area contributed by atoms with Crippen LogP contribution in [0.2, 0.25) is 0 Å². The Labute approximate surface area is 145 Å². The Morgan fingerprint density at radius 1 is 1.29 bits per heavy atom. The number of alkyl halides is 3. The van der Waals surface area contributed by atoms with E-state index in [1.807, 2.05) is 24.4 Å². The number of fused-ring (bicyclic) bond motifs is 1. The molecule has 0 aliphatic heterocycles. The fourth-order valence-electron chi connectivity index (χ4n) is 2.47. The predicted molar refractivity (Wildman–Crippen MR) is 92.8 cm³/mol. The molecule has 3 aromatic rings. The van der Waals surface area contributed by atoms with E-state index in [2.05, 4.69) is 15.5 Å². The average molecular weight is 371 g/mol. The van der Waals surface area contributed by atoms with Gasteiger partial charge in [0.25, 0.3) is 0 Å². The normalized spacial score (nSPS) is 12.0. The van der Waals surface area contributed by atoms with Crippen molar-refractivity contribution in [3.8, 4) is 0 Å². The molecular weight excluding hydrogens is 355 g/mol. The van der Waals surface area contributed by atoms with Crippen LogP contribution in [0.3, 0.4) is 0 Å². The summed E-state index contributed by atoms with van der Waals surface area (Å²) >= 11 is 3.18. The van der Waals surface area contributed by atoms with Gasteiger partial charge in [-0.15, -0.1) is 27.8 Å². The van der Waals surface area contributed by atoms with E-state index in [0.29, 0.717) is 13.0 Å². The third-order valence-electron chi connectivity index (χ3n) is 3.70. The minimum Gasteiger partial charge on any atom is -0.378 e. The van der Waals surface area contributed by atoms with Crippen molar-refractivity contribution in [1.82, 2.24) is 10.2 Å². The third kappa shape index (κ3) is 4.05. The van der Waals surface area contributed by atoms with E-state index in [-0.39, 0.29) is 6.42 Å². The van der Waals surface area contributed by atoms with Crippen molar-refractivity contribution in [2.24, 2.45) is 0 Å². The number of hydrogen-bond acceptors (Lipinski definition) is 5. The molecule has 0 saturated heterocycles. The maximum atomic E-state index is 12.3. The summed E-state index contributed by atoms with van der Waals surface area (Å²) in [5.41, 5.74) is 2.59. The van der Waals surface area contributed by atoms with Gasteiger partial charge in [0, 0.05) is 22.7 Å². The van der Waals surface area contributed by atoms with Crippen molar-refractivity contribution < 1.29 is 13.2 Å². The van der Waals surface area contributed by atoms with Gasteiger partial charge in [-0.05, 0) is 36.8 Å². The predicted octanol–water partition coefficient (Wildman–Crippen LogP) is 5.56. The first kappa shape index (κ1) is 17.2. The first-order chi connectivity index (χ1) is 11.4. The monoisotopic (exact) mass is 371 g/mol. The van der Waals surface area contributed by atoms with Crippen LogP contribution in [-0.2, 0) is 13.0 Å². The standard InChI is InChI=1S/C16H16F3N3S2/c1-10-13(5-2-6-16(17,18)19)24-15-12(9-21-22-14(10)15)20-8-11-4-3-7-23-11/h3-4,7,9H,2,5-6,8H2,1H3,(H,20,22). The van der Waals surface area contributed by atoms with E-state index in [1.165, 1.54) is 16.2 Å². The summed E-state index contributed by atoms with van der Waals surface area (Å²) in [5.74, 6) is 0. The Kier molecular flexibility index (Phi) is 5.05. The number of nitrogens with one attached hydrogen (secondary N) is 1. The van der Waals surface area contributed by atoms with E-state index in [1.54, 1.807) is 17.5 Å². The van der Waals surface area contributed by atoms with Crippen LogP contribution in [0.1, 0.15) is 28.2 Å². The van der Waals surface area contributed by atoms with Crippen LogP contribution in [0.5, 0.6) is 0 Å². The zero-order valence-corrected chi connectivity index (χ0v) is 14.6. The maximum absolute atomic E-state index is 12.3. The van der Waals surface area contributed by atoms with Crippen LogP contribution in [-0.4, -0.2) is 16.4 Å². The first-order valence-corrected chi connectivity index (χ1v) is 9.20. The SMILES string of the molecule is Cc1c(CCCC(F)(F)F)sc2c(NCc3cccs3)cnnc12.